The molecule has 0 aromatic heterocycles. The third-order valence-electron chi connectivity index (χ3n) is 0. The van der Waals surface area contributed by atoms with E-state index in [0.717, 1.165) is 0 Å². The van der Waals surface area contributed by atoms with E-state index in [-0.39, 0.29) is 0 Å². The zero-order valence-corrected chi connectivity index (χ0v) is 2.67. The predicted octanol–water partition coefficient (Wildman–Crippen LogP) is 1.29. The highest BCUT2D eigenvalue weighted by atomic mass is 19.3. The van der Waals surface area contributed by atoms with Gasteiger partial charge in [0.15, 0.2) is 0 Å². The van der Waals surface area contributed by atoms with Crippen molar-refractivity contribution < 1.29 is 8.78 Å². The van der Waals surface area contributed by atoms with E-state index in [1.54, 1.807) is 0 Å². The Morgan fingerprint density at radius 3 is 1.20 bits per heavy atom. The minimum atomic E-state index is -3.00. The van der Waals surface area contributed by atoms with Gasteiger partial charge in [-0.05, 0) is 0 Å². The molecule has 0 unspecified atom stereocenters. The average molecular weight is 78.1 g/mol. The van der Waals surface area contributed by atoms with Gasteiger partial charge >= 0.3 is 0 Å². The maximum Gasteiger partial charge on any atom is 0.248 e. The van der Waals surface area contributed by atoms with Gasteiger partial charge < -0.3 is 0 Å². The van der Waals surface area contributed by atoms with E-state index in [2.05, 4.69) is 13.8 Å². The van der Waals surface area contributed by atoms with Gasteiger partial charge in [0.2, 0.25) is 5.92 Å². The van der Waals surface area contributed by atoms with E-state index < -0.39 is 5.92 Å². The van der Waals surface area contributed by atoms with E-state index in [0.29, 0.717) is 0 Å². The van der Waals surface area contributed by atoms with E-state index in [1.165, 1.54) is 0 Å². The highest BCUT2D eigenvalue weighted by molar-refractivity contribution is 4.68. The Bertz CT molecular complexity index is 20.4. The Hall–Kier alpha value is -0.140. The molecule has 0 aromatic rings. The smallest absolute Gasteiger partial charge is 0.207 e. The van der Waals surface area contributed by atoms with Gasteiger partial charge in [-0.2, -0.15) is 0 Å². The molecule has 0 nitrogen and oxygen atoms in total. The molecule has 0 atom stereocenters. The van der Waals surface area contributed by atoms with Gasteiger partial charge in [-0.15, -0.1) is 0 Å². The van der Waals surface area contributed by atoms with Gasteiger partial charge in [0, 0.05) is 13.8 Å². The van der Waals surface area contributed by atoms with Crippen LogP contribution in [0.25, 0.3) is 0 Å². The number of halogens is 2. The molecule has 5 heavy (non-hydrogen) atoms. The molecule has 0 aromatic carbocycles. The molecule has 0 bridgehead atoms. The summed E-state index contributed by atoms with van der Waals surface area (Å²) in [5.74, 6) is -3.00. The summed E-state index contributed by atoms with van der Waals surface area (Å²) < 4.78 is 21.6. The summed E-state index contributed by atoms with van der Waals surface area (Å²) in [5.41, 5.74) is 0. The molecule has 30 valence electrons. The summed E-state index contributed by atoms with van der Waals surface area (Å²) in [6, 6.07) is 0. The van der Waals surface area contributed by atoms with E-state index >= 15 is 0 Å². The van der Waals surface area contributed by atoms with E-state index in [4.69, 9.17) is 0 Å². The molecule has 0 spiro atoms. The molecule has 0 rings (SSSR count). The average Bonchev–Trinajstić information content (AvgIpc) is 0.722. The van der Waals surface area contributed by atoms with Gasteiger partial charge in [-0.25, -0.2) is 8.78 Å². The fraction of sp³-hybridized carbons (Fsp3) is 0.333. The van der Waals surface area contributed by atoms with Crippen LogP contribution in [-0.4, -0.2) is 5.92 Å². The number of rotatable bonds is 0. The predicted molar refractivity (Wildman–Crippen MR) is 15.7 cm³/mol. The Labute approximate surface area is 29.8 Å². The van der Waals surface area contributed by atoms with Crippen LogP contribution in [-0.2, 0) is 0 Å². The lowest BCUT2D eigenvalue weighted by Crippen LogP contribution is -1.99. The quantitative estimate of drug-likeness (QED) is 0.409. The Kier molecular flexibility index (Phi) is 0.894. The lowest BCUT2D eigenvalue weighted by Gasteiger charge is -1.93. The number of alkyl halides is 2. The second kappa shape index (κ2) is 0.919. The lowest BCUT2D eigenvalue weighted by molar-refractivity contribution is 0.105. The van der Waals surface area contributed by atoms with Crippen molar-refractivity contribution in [2.45, 2.75) is 5.92 Å². The highest BCUT2D eigenvalue weighted by Gasteiger charge is 2.09. The molecule has 2 heteroatoms. The molecule has 0 heterocycles. The lowest BCUT2D eigenvalue weighted by atomic mass is 10.5. The molecule has 0 aliphatic heterocycles. The van der Waals surface area contributed by atoms with Crippen molar-refractivity contribution in [2.24, 2.45) is 0 Å². The molecule has 0 saturated heterocycles. The second-order valence-corrected chi connectivity index (χ2v) is 0.856. The Morgan fingerprint density at radius 1 is 1.20 bits per heavy atom. The van der Waals surface area contributed by atoms with Crippen LogP contribution in [0.4, 0.5) is 8.78 Å². The van der Waals surface area contributed by atoms with Crippen LogP contribution in [0.15, 0.2) is 0 Å². The van der Waals surface area contributed by atoms with Crippen molar-refractivity contribution in [3.63, 3.8) is 0 Å². The van der Waals surface area contributed by atoms with Gasteiger partial charge in [-0.3, -0.25) is 0 Å². The van der Waals surface area contributed by atoms with Crippen molar-refractivity contribution in [3.8, 4) is 0 Å². The van der Waals surface area contributed by atoms with Crippen LogP contribution < -0.4 is 0 Å². The van der Waals surface area contributed by atoms with Crippen molar-refractivity contribution >= 4 is 0 Å². The van der Waals surface area contributed by atoms with Crippen LogP contribution in [0.5, 0.6) is 0 Å². The first-order valence-corrected chi connectivity index (χ1v) is 1.09. The summed E-state index contributed by atoms with van der Waals surface area (Å²) in [5, 5.41) is 0. The first kappa shape index (κ1) is 4.86. The number of hydrogen-bond acceptors (Lipinski definition) is 0. The monoisotopic (exact) mass is 78.0 g/mol. The van der Waals surface area contributed by atoms with Gasteiger partial charge in [0.1, 0.15) is 0 Å². The molecular weight excluding hydrogens is 74.0 g/mol. The van der Waals surface area contributed by atoms with Gasteiger partial charge in [0.05, 0.1) is 0 Å². The van der Waals surface area contributed by atoms with Gasteiger partial charge in [-0.1, -0.05) is 0 Å². The van der Waals surface area contributed by atoms with Crippen LogP contribution >= 0.6 is 0 Å². The second-order valence-electron chi connectivity index (χ2n) is 0.856. The fourth-order valence-electron chi connectivity index (χ4n) is 0. The van der Waals surface area contributed by atoms with Crippen LogP contribution in [0.1, 0.15) is 0 Å². The summed E-state index contributed by atoms with van der Waals surface area (Å²) in [6.45, 7) is 4.65. The fourth-order valence-corrected chi connectivity index (χ4v) is 0. The SMILES string of the molecule is [CH2]C([CH2])(F)F. The molecule has 0 amide bonds. The van der Waals surface area contributed by atoms with Crippen molar-refractivity contribution in [2.75, 3.05) is 0 Å². The van der Waals surface area contributed by atoms with Crippen LogP contribution in [0.2, 0.25) is 0 Å². The maximum absolute atomic E-state index is 10.8. The highest BCUT2D eigenvalue weighted by Crippen LogP contribution is 2.05. The zero-order chi connectivity index (χ0) is 4.50. The summed E-state index contributed by atoms with van der Waals surface area (Å²) >= 11 is 0. The standard InChI is InChI=1S/C3H4F2/c1-3(2,4)5/h1-2H2. The normalized spacial score (nSPS) is 12.0. The molecule has 0 N–H and O–H groups in total. The van der Waals surface area contributed by atoms with E-state index in [1.807, 2.05) is 0 Å². The van der Waals surface area contributed by atoms with Gasteiger partial charge in [0.25, 0.3) is 0 Å². The topological polar surface area (TPSA) is 0 Å². The summed E-state index contributed by atoms with van der Waals surface area (Å²) in [7, 11) is 0. The molecular formula is C3H4F2. The molecule has 2 radical (unpaired) electrons. The van der Waals surface area contributed by atoms with Crippen molar-refractivity contribution in [3.05, 3.63) is 13.8 Å². The largest absolute Gasteiger partial charge is 0.248 e. The van der Waals surface area contributed by atoms with Crippen molar-refractivity contribution in [1.82, 2.24) is 0 Å². The summed E-state index contributed by atoms with van der Waals surface area (Å²) in [4.78, 5) is 0. The summed E-state index contributed by atoms with van der Waals surface area (Å²) in [6.07, 6.45) is 0. The first-order valence-electron chi connectivity index (χ1n) is 1.09. The van der Waals surface area contributed by atoms with E-state index in [9.17, 15) is 8.78 Å². The third-order valence-corrected chi connectivity index (χ3v) is 0. The molecule has 0 fully saturated rings. The zero-order valence-electron chi connectivity index (χ0n) is 2.67. The third kappa shape index (κ3) is 681. The minimum absolute atomic E-state index is 2.33. The number of hydrogen-bond donors (Lipinski definition) is 0. The first-order chi connectivity index (χ1) is 2.00. The molecule has 0 aliphatic rings. The molecule has 0 saturated carbocycles. The van der Waals surface area contributed by atoms with Crippen LogP contribution in [0, 0.1) is 13.8 Å². The van der Waals surface area contributed by atoms with Crippen molar-refractivity contribution in [1.29, 1.82) is 0 Å². The van der Waals surface area contributed by atoms with Crippen LogP contribution in [0.3, 0.4) is 0 Å². The Balaban J connectivity index is 3.02. The molecule has 0 aliphatic carbocycles. The Morgan fingerprint density at radius 2 is 1.20 bits per heavy atom. The maximum atomic E-state index is 10.8. The minimum Gasteiger partial charge on any atom is -0.207 e.